The smallest absolute Gasteiger partial charge is 0.154 e. The molecule has 0 radical (unpaired) electrons. The van der Waals surface area contributed by atoms with E-state index in [9.17, 15) is 5.21 Å². The van der Waals surface area contributed by atoms with Crippen LogP contribution in [0.3, 0.4) is 0 Å². The van der Waals surface area contributed by atoms with Gasteiger partial charge in [-0.2, -0.15) is 0 Å². The minimum absolute atomic E-state index is 0.108. The molecule has 0 aliphatic heterocycles. The second-order valence-electron chi connectivity index (χ2n) is 3.64. The SMILES string of the molecule is [O-][N+](=NNc1ccccc1CO)c1ccccc1. The molecule has 2 N–H and O–H groups in total. The van der Waals surface area contributed by atoms with Crippen LogP contribution in [0.25, 0.3) is 0 Å². The van der Waals surface area contributed by atoms with Crippen LogP contribution in [0.5, 0.6) is 0 Å². The highest BCUT2D eigenvalue weighted by atomic mass is 16.5. The van der Waals surface area contributed by atoms with Crippen molar-refractivity contribution in [3.8, 4) is 0 Å². The second-order valence-corrected chi connectivity index (χ2v) is 3.64. The van der Waals surface area contributed by atoms with Crippen molar-refractivity contribution < 1.29 is 9.97 Å². The molecule has 0 aliphatic carbocycles. The topological polar surface area (TPSA) is 70.7 Å². The summed E-state index contributed by atoms with van der Waals surface area (Å²) >= 11 is 0. The number of nitrogens with zero attached hydrogens (tertiary/aromatic N) is 2. The largest absolute Gasteiger partial charge is 0.691 e. The van der Waals surface area contributed by atoms with Crippen molar-refractivity contribution in [1.82, 2.24) is 0 Å². The number of rotatable bonds is 4. The van der Waals surface area contributed by atoms with Crippen molar-refractivity contribution in [2.45, 2.75) is 6.61 Å². The summed E-state index contributed by atoms with van der Waals surface area (Å²) in [5.74, 6) is 0. The van der Waals surface area contributed by atoms with E-state index >= 15 is 0 Å². The van der Waals surface area contributed by atoms with E-state index in [1.165, 1.54) is 0 Å². The van der Waals surface area contributed by atoms with E-state index in [2.05, 4.69) is 10.6 Å². The zero-order valence-corrected chi connectivity index (χ0v) is 9.65. The second kappa shape index (κ2) is 5.79. The Labute approximate surface area is 105 Å². The lowest BCUT2D eigenvalue weighted by Crippen LogP contribution is -2.00. The first kappa shape index (κ1) is 12.1. The summed E-state index contributed by atoms with van der Waals surface area (Å²) in [6.45, 7) is -0.108. The molecule has 0 atom stereocenters. The highest BCUT2D eigenvalue weighted by molar-refractivity contribution is 5.49. The molecule has 2 aromatic rings. The fourth-order valence-corrected chi connectivity index (χ4v) is 1.48. The third kappa shape index (κ3) is 2.83. The Bertz CT molecular complexity index is 541. The van der Waals surface area contributed by atoms with E-state index in [0.717, 1.165) is 0 Å². The van der Waals surface area contributed by atoms with Gasteiger partial charge in [0.1, 0.15) is 0 Å². The Morgan fingerprint density at radius 3 is 2.44 bits per heavy atom. The van der Waals surface area contributed by atoms with Crippen molar-refractivity contribution in [2.75, 3.05) is 5.43 Å². The molecule has 2 rings (SSSR count). The van der Waals surface area contributed by atoms with Gasteiger partial charge in [-0.05, 0) is 18.2 Å². The summed E-state index contributed by atoms with van der Waals surface area (Å²) in [4.78, 5) is 0.494. The van der Waals surface area contributed by atoms with Gasteiger partial charge in [-0.1, -0.05) is 36.4 Å². The molecule has 18 heavy (non-hydrogen) atoms. The highest BCUT2D eigenvalue weighted by Crippen LogP contribution is 2.16. The molecular formula is C13H13N3O2. The van der Waals surface area contributed by atoms with Crippen molar-refractivity contribution in [3.63, 3.8) is 0 Å². The quantitative estimate of drug-likeness (QED) is 0.492. The summed E-state index contributed by atoms with van der Waals surface area (Å²) in [7, 11) is 0. The number of hydrogen-bond donors (Lipinski definition) is 2. The van der Waals surface area contributed by atoms with Crippen LogP contribution >= 0.6 is 0 Å². The van der Waals surface area contributed by atoms with Crippen LogP contribution in [0.1, 0.15) is 5.56 Å². The molecule has 0 saturated carbocycles. The van der Waals surface area contributed by atoms with Gasteiger partial charge in [0, 0.05) is 5.56 Å². The predicted octanol–water partition coefficient (Wildman–Crippen LogP) is 2.80. The fourth-order valence-electron chi connectivity index (χ4n) is 1.48. The third-order valence-electron chi connectivity index (χ3n) is 2.43. The molecule has 0 bridgehead atoms. The van der Waals surface area contributed by atoms with Gasteiger partial charge in [0.2, 0.25) is 0 Å². The molecule has 92 valence electrons. The first-order chi connectivity index (χ1) is 8.81. The Kier molecular flexibility index (Phi) is 3.88. The highest BCUT2D eigenvalue weighted by Gasteiger charge is 2.04. The molecule has 5 nitrogen and oxygen atoms in total. The molecule has 5 heteroatoms. The van der Waals surface area contributed by atoms with Crippen LogP contribution in [0.2, 0.25) is 0 Å². The van der Waals surface area contributed by atoms with Gasteiger partial charge in [0.25, 0.3) is 0 Å². The lowest BCUT2D eigenvalue weighted by atomic mass is 10.2. The van der Waals surface area contributed by atoms with Gasteiger partial charge in [0.05, 0.1) is 11.8 Å². The van der Waals surface area contributed by atoms with Crippen LogP contribution in [-0.2, 0) is 6.61 Å². The number of anilines is 1. The van der Waals surface area contributed by atoms with Gasteiger partial charge >= 0.3 is 0 Å². The first-order valence-corrected chi connectivity index (χ1v) is 5.49. The summed E-state index contributed by atoms with van der Waals surface area (Å²) < 4.78 is 0. The summed E-state index contributed by atoms with van der Waals surface area (Å²) in [6, 6.07) is 15.8. The molecule has 0 aromatic heterocycles. The molecule has 0 spiro atoms. The number of aliphatic hydroxyl groups excluding tert-OH is 1. The van der Waals surface area contributed by atoms with Crippen molar-refractivity contribution in [3.05, 3.63) is 65.4 Å². The zero-order chi connectivity index (χ0) is 12.8. The molecule has 0 unspecified atom stereocenters. The van der Waals surface area contributed by atoms with Crippen molar-refractivity contribution in [1.29, 1.82) is 0 Å². The van der Waals surface area contributed by atoms with Crippen LogP contribution in [0, 0.1) is 5.21 Å². The standard InChI is InChI=1S/C13H13N3O2/c17-10-11-6-4-5-9-13(11)14-15-16(18)12-7-2-1-3-8-12/h1-9,14,17H,10H2. The molecule has 0 amide bonds. The normalized spacial score (nSPS) is 11.3. The number of benzene rings is 2. The van der Waals surface area contributed by atoms with Gasteiger partial charge in [0.15, 0.2) is 11.4 Å². The van der Waals surface area contributed by atoms with E-state index < -0.39 is 0 Å². The van der Waals surface area contributed by atoms with Crippen LogP contribution in [0.4, 0.5) is 11.4 Å². The van der Waals surface area contributed by atoms with Crippen LogP contribution in [-0.4, -0.2) is 9.97 Å². The van der Waals surface area contributed by atoms with Crippen molar-refractivity contribution in [2.24, 2.45) is 5.22 Å². The Morgan fingerprint density at radius 2 is 1.72 bits per heavy atom. The summed E-state index contributed by atoms with van der Waals surface area (Å²) in [6.07, 6.45) is 0. The molecule has 0 saturated heterocycles. The van der Waals surface area contributed by atoms with E-state index in [1.807, 2.05) is 12.1 Å². The average Bonchev–Trinajstić information content (AvgIpc) is 2.46. The van der Waals surface area contributed by atoms with Gasteiger partial charge in [-0.25, -0.2) is 0 Å². The van der Waals surface area contributed by atoms with E-state index in [-0.39, 0.29) is 6.61 Å². The Balaban J connectivity index is 2.15. The van der Waals surface area contributed by atoms with E-state index in [1.54, 1.807) is 42.5 Å². The minimum Gasteiger partial charge on any atom is -0.691 e. The van der Waals surface area contributed by atoms with E-state index in [4.69, 9.17) is 5.11 Å². The molecule has 0 aliphatic rings. The predicted molar refractivity (Wildman–Crippen MR) is 68.1 cm³/mol. The van der Waals surface area contributed by atoms with Crippen LogP contribution in [0.15, 0.2) is 59.8 Å². The lowest BCUT2D eigenvalue weighted by molar-refractivity contribution is -0.439. The molecular weight excluding hydrogens is 230 g/mol. The zero-order valence-electron chi connectivity index (χ0n) is 9.65. The number of para-hydroxylation sites is 2. The number of hydrogen-bond acceptors (Lipinski definition) is 3. The van der Waals surface area contributed by atoms with Crippen molar-refractivity contribution >= 4 is 11.4 Å². The van der Waals surface area contributed by atoms with Gasteiger partial charge in [-0.15, -0.1) is 10.3 Å². The minimum atomic E-state index is -0.108. The first-order valence-electron chi connectivity index (χ1n) is 5.49. The maximum atomic E-state index is 11.6. The number of aliphatic hydroxyl groups is 1. The lowest BCUT2D eigenvalue weighted by Gasteiger charge is -2.05. The number of nitrogens with one attached hydrogen (secondary N) is 1. The maximum Gasteiger partial charge on any atom is 0.154 e. The summed E-state index contributed by atoms with van der Waals surface area (Å²) in [5, 5.41) is 24.5. The summed E-state index contributed by atoms with van der Waals surface area (Å²) in [5.41, 5.74) is 4.37. The molecule has 0 fully saturated rings. The van der Waals surface area contributed by atoms with E-state index in [0.29, 0.717) is 21.8 Å². The fraction of sp³-hybridized carbons (Fsp3) is 0.0769. The molecule has 2 aromatic carbocycles. The third-order valence-corrected chi connectivity index (χ3v) is 2.43. The maximum absolute atomic E-state index is 11.6. The van der Waals surface area contributed by atoms with Crippen LogP contribution < -0.4 is 5.43 Å². The molecule has 0 heterocycles. The monoisotopic (exact) mass is 243 g/mol. The Morgan fingerprint density at radius 1 is 1.06 bits per heavy atom. The van der Waals surface area contributed by atoms with Gasteiger partial charge in [-0.3, -0.25) is 0 Å². The average molecular weight is 243 g/mol. The Hall–Kier alpha value is -2.40. The van der Waals surface area contributed by atoms with Gasteiger partial charge < -0.3 is 10.3 Å².